The third-order valence-electron chi connectivity index (χ3n) is 3.78. The maximum Gasteiger partial charge on any atom is 0.323 e. The summed E-state index contributed by atoms with van der Waals surface area (Å²) in [6.45, 7) is 2.38. The van der Waals surface area contributed by atoms with Gasteiger partial charge in [-0.15, -0.1) is 0 Å². The molecule has 0 amide bonds. The van der Waals surface area contributed by atoms with Crippen molar-refractivity contribution in [3.63, 3.8) is 0 Å². The van der Waals surface area contributed by atoms with E-state index in [0.717, 1.165) is 12.5 Å². The van der Waals surface area contributed by atoms with Crippen molar-refractivity contribution in [3.8, 4) is 0 Å². The Labute approximate surface area is 115 Å². The summed E-state index contributed by atoms with van der Waals surface area (Å²) >= 11 is 0. The molecule has 1 unspecified atom stereocenters. The van der Waals surface area contributed by atoms with Crippen LogP contribution in [0.1, 0.15) is 25.3 Å². The van der Waals surface area contributed by atoms with Gasteiger partial charge in [-0.25, -0.2) is 4.39 Å². The van der Waals surface area contributed by atoms with Gasteiger partial charge in [-0.1, -0.05) is 0 Å². The topological polar surface area (TPSA) is 83.7 Å². The minimum absolute atomic E-state index is 0.182. The van der Waals surface area contributed by atoms with Crippen molar-refractivity contribution in [2.45, 2.75) is 31.8 Å². The molecule has 0 bridgehead atoms. The second-order valence-corrected chi connectivity index (χ2v) is 5.18. The zero-order valence-corrected chi connectivity index (χ0v) is 11.0. The molecule has 1 heterocycles. The largest absolute Gasteiger partial charge is 0.480 e. The number of halogens is 1. The van der Waals surface area contributed by atoms with Gasteiger partial charge in [-0.05, 0) is 37.9 Å². The fourth-order valence-electron chi connectivity index (χ4n) is 2.57. The first-order chi connectivity index (χ1) is 9.33. The molecule has 1 saturated heterocycles. The van der Waals surface area contributed by atoms with Gasteiger partial charge in [0.05, 0.1) is 11.0 Å². The van der Waals surface area contributed by atoms with E-state index in [-0.39, 0.29) is 12.2 Å². The maximum absolute atomic E-state index is 13.4. The Kier molecular flexibility index (Phi) is 3.71. The Hall–Kier alpha value is -2.02. The quantitative estimate of drug-likeness (QED) is 0.676. The van der Waals surface area contributed by atoms with E-state index in [4.69, 9.17) is 0 Å². The van der Waals surface area contributed by atoms with Crippen molar-refractivity contribution in [1.29, 1.82) is 0 Å². The summed E-state index contributed by atoms with van der Waals surface area (Å²) < 4.78 is 13.4. The zero-order chi connectivity index (χ0) is 14.9. The smallest absolute Gasteiger partial charge is 0.323 e. The second-order valence-electron chi connectivity index (χ2n) is 5.18. The second kappa shape index (κ2) is 5.16. The number of benzene rings is 1. The minimum Gasteiger partial charge on any atom is -0.480 e. The zero-order valence-electron chi connectivity index (χ0n) is 11.0. The molecule has 1 N–H and O–H groups in total. The lowest BCUT2D eigenvalue weighted by Gasteiger charge is -2.31. The van der Waals surface area contributed by atoms with Gasteiger partial charge in [0, 0.05) is 12.6 Å². The van der Waals surface area contributed by atoms with Crippen LogP contribution in [0.15, 0.2) is 18.2 Å². The number of carbonyl (C=O) groups is 1. The van der Waals surface area contributed by atoms with E-state index in [1.54, 1.807) is 11.8 Å². The van der Waals surface area contributed by atoms with Crippen LogP contribution in [0.4, 0.5) is 10.1 Å². The molecule has 0 aromatic heterocycles. The molecule has 2 rings (SSSR count). The summed E-state index contributed by atoms with van der Waals surface area (Å²) in [6, 6.07) is 3.33. The number of carboxylic acids is 1. The van der Waals surface area contributed by atoms with Crippen molar-refractivity contribution < 1.29 is 19.2 Å². The molecule has 0 radical (unpaired) electrons. The molecule has 1 aromatic carbocycles. The number of nitro groups is 1. The van der Waals surface area contributed by atoms with Crippen LogP contribution < -0.4 is 0 Å². The van der Waals surface area contributed by atoms with E-state index < -0.39 is 22.2 Å². The number of likely N-dealkylation sites (tertiary alicyclic amines) is 1. The highest BCUT2D eigenvalue weighted by molar-refractivity contribution is 5.78. The van der Waals surface area contributed by atoms with Crippen molar-refractivity contribution in [3.05, 3.63) is 39.7 Å². The Morgan fingerprint density at radius 2 is 2.25 bits per heavy atom. The van der Waals surface area contributed by atoms with E-state index in [2.05, 4.69) is 0 Å². The molecule has 1 fully saturated rings. The first-order valence-corrected chi connectivity index (χ1v) is 6.25. The number of non-ortho nitro benzene ring substituents is 1. The van der Waals surface area contributed by atoms with Gasteiger partial charge in [0.2, 0.25) is 0 Å². The molecule has 0 saturated carbocycles. The highest BCUT2D eigenvalue weighted by Gasteiger charge is 2.43. The summed E-state index contributed by atoms with van der Waals surface area (Å²) in [5, 5.41) is 20.0. The molecular weight excluding hydrogens is 267 g/mol. The summed E-state index contributed by atoms with van der Waals surface area (Å²) in [7, 11) is 0. The average Bonchev–Trinajstić information content (AvgIpc) is 2.71. The van der Waals surface area contributed by atoms with Crippen LogP contribution >= 0.6 is 0 Å². The van der Waals surface area contributed by atoms with Gasteiger partial charge in [0.1, 0.15) is 11.4 Å². The minimum atomic E-state index is -0.999. The van der Waals surface area contributed by atoms with Gasteiger partial charge in [-0.3, -0.25) is 19.8 Å². The fraction of sp³-hybridized carbons (Fsp3) is 0.462. The number of nitro benzene ring substituents is 1. The van der Waals surface area contributed by atoms with E-state index in [1.165, 1.54) is 12.1 Å². The molecule has 0 spiro atoms. The van der Waals surface area contributed by atoms with Crippen molar-refractivity contribution in [1.82, 2.24) is 4.90 Å². The van der Waals surface area contributed by atoms with Crippen molar-refractivity contribution >= 4 is 11.7 Å². The third-order valence-corrected chi connectivity index (χ3v) is 3.78. The standard InChI is InChI=1S/C13H15FN2O4/c1-13(12(17)18)3-2-4-15(13)8-9-5-10(14)7-11(6-9)16(19)20/h5-7H,2-4,8H2,1H3,(H,17,18). The van der Waals surface area contributed by atoms with E-state index in [1.807, 2.05) is 0 Å². The van der Waals surface area contributed by atoms with Crippen LogP contribution in [-0.4, -0.2) is 33.0 Å². The van der Waals surface area contributed by atoms with E-state index in [9.17, 15) is 24.4 Å². The molecule has 7 heteroatoms. The predicted molar refractivity (Wildman–Crippen MR) is 68.7 cm³/mol. The molecule has 1 aliphatic heterocycles. The Morgan fingerprint density at radius 1 is 1.55 bits per heavy atom. The Balaban J connectivity index is 2.26. The van der Waals surface area contributed by atoms with Crippen molar-refractivity contribution in [2.75, 3.05) is 6.54 Å². The van der Waals surface area contributed by atoms with Gasteiger partial charge in [-0.2, -0.15) is 0 Å². The predicted octanol–water partition coefficient (Wildman–Crippen LogP) is 2.17. The molecule has 6 nitrogen and oxygen atoms in total. The van der Waals surface area contributed by atoms with Crippen LogP contribution in [-0.2, 0) is 11.3 Å². The monoisotopic (exact) mass is 282 g/mol. The Bertz CT molecular complexity index is 563. The number of aliphatic carboxylic acids is 1. The van der Waals surface area contributed by atoms with E-state index >= 15 is 0 Å². The van der Waals surface area contributed by atoms with Crippen LogP contribution in [0, 0.1) is 15.9 Å². The lowest BCUT2D eigenvalue weighted by Crippen LogP contribution is -2.47. The third kappa shape index (κ3) is 2.62. The molecular formula is C13H15FN2O4. The maximum atomic E-state index is 13.4. The average molecular weight is 282 g/mol. The summed E-state index contributed by atoms with van der Waals surface area (Å²) in [6.07, 6.45) is 1.25. The normalized spacial score (nSPS) is 22.9. The summed E-state index contributed by atoms with van der Waals surface area (Å²) in [4.78, 5) is 23.1. The van der Waals surface area contributed by atoms with Crippen LogP contribution in [0.5, 0.6) is 0 Å². The lowest BCUT2D eigenvalue weighted by molar-refractivity contribution is -0.385. The Morgan fingerprint density at radius 3 is 2.85 bits per heavy atom. The number of nitrogens with zero attached hydrogens (tertiary/aromatic N) is 2. The molecule has 0 aliphatic carbocycles. The summed E-state index contributed by atoms with van der Waals surface area (Å²) in [5.41, 5.74) is -0.913. The first-order valence-electron chi connectivity index (χ1n) is 6.25. The van der Waals surface area contributed by atoms with Gasteiger partial charge in [0.25, 0.3) is 5.69 Å². The first kappa shape index (κ1) is 14.4. The molecule has 108 valence electrons. The fourth-order valence-corrected chi connectivity index (χ4v) is 2.57. The van der Waals surface area contributed by atoms with E-state index in [0.29, 0.717) is 18.5 Å². The molecule has 1 atom stereocenters. The van der Waals surface area contributed by atoms with Gasteiger partial charge in [0.15, 0.2) is 0 Å². The number of carboxylic acid groups (broad SMARTS) is 1. The lowest BCUT2D eigenvalue weighted by atomic mass is 9.99. The molecule has 1 aromatic rings. The molecule has 20 heavy (non-hydrogen) atoms. The van der Waals surface area contributed by atoms with Crippen LogP contribution in [0.25, 0.3) is 0 Å². The number of hydrogen-bond acceptors (Lipinski definition) is 4. The van der Waals surface area contributed by atoms with Crippen LogP contribution in [0.2, 0.25) is 0 Å². The highest BCUT2D eigenvalue weighted by atomic mass is 19.1. The van der Waals surface area contributed by atoms with Gasteiger partial charge < -0.3 is 5.11 Å². The summed E-state index contributed by atoms with van der Waals surface area (Å²) in [5.74, 6) is -1.62. The molecule has 1 aliphatic rings. The van der Waals surface area contributed by atoms with Crippen molar-refractivity contribution in [2.24, 2.45) is 0 Å². The highest BCUT2D eigenvalue weighted by Crippen LogP contribution is 2.31. The van der Waals surface area contributed by atoms with Crippen LogP contribution in [0.3, 0.4) is 0 Å². The SMILES string of the molecule is CC1(C(=O)O)CCCN1Cc1cc(F)cc([N+](=O)[O-])c1. The van der Waals surface area contributed by atoms with Gasteiger partial charge >= 0.3 is 5.97 Å². The number of rotatable bonds is 4. The number of hydrogen-bond donors (Lipinski definition) is 1.